The molecule has 5 nitrogen and oxygen atoms in total. The molecule has 1 saturated carbocycles. The number of pyridine rings is 1. The molecule has 2 heterocycles. The topological polar surface area (TPSA) is 65.8 Å². The van der Waals surface area contributed by atoms with Crippen LogP contribution in [0.1, 0.15) is 42.6 Å². The van der Waals surface area contributed by atoms with Crippen LogP contribution in [0.3, 0.4) is 0 Å². The van der Waals surface area contributed by atoms with Gasteiger partial charge in [-0.25, -0.2) is 0 Å². The molecule has 0 bridgehead atoms. The van der Waals surface area contributed by atoms with Crippen LogP contribution in [0.15, 0.2) is 35.3 Å². The molecule has 0 spiro atoms. The number of hydrogen-bond donors (Lipinski definition) is 1. The molecular weight excluding hydrogens is 393 g/mol. The van der Waals surface area contributed by atoms with Crippen LogP contribution in [0.5, 0.6) is 0 Å². The second-order valence-corrected chi connectivity index (χ2v) is 7.80. The fourth-order valence-corrected chi connectivity index (χ4v) is 3.95. The van der Waals surface area contributed by atoms with Crippen LogP contribution in [-0.2, 0) is 18.8 Å². The van der Waals surface area contributed by atoms with E-state index in [1.54, 1.807) is 30.8 Å². The number of hydrogen-bond acceptors (Lipinski definition) is 3. The van der Waals surface area contributed by atoms with E-state index < -0.39 is 22.3 Å². The Hall–Kier alpha value is -2.32. The summed E-state index contributed by atoms with van der Waals surface area (Å²) in [5.74, 6) is 0. The van der Waals surface area contributed by atoms with E-state index in [4.69, 9.17) is 17.3 Å². The largest absolute Gasteiger partial charge is 0.417 e. The molecule has 0 aliphatic heterocycles. The van der Waals surface area contributed by atoms with E-state index in [2.05, 4.69) is 5.10 Å². The van der Waals surface area contributed by atoms with Crippen LogP contribution in [0.25, 0.3) is 10.9 Å². The summed E-state index contributed by atoms with van der Waals surface area (Å²) >= 11 is 5.88. The van der Waals surface area contributed by atoms with Gasteiger partial charge < -0.3 is 10.3 Å². The predicted octanol–water partition coefficient (Wildman–Crippen LogP) is 3.96. The molecule has 1 aromatic carbocycles. The fourth-order valence-electron chi connectivity index (χ4n) is 3.66. The van der Waals surface area contributed by atoms with E-state index in [0.717, 1.165) is 18.9 Å². The van der Waals surface area contributed by atoms with Gasteiger partial charge in [0.1, 0.15) is 0 Å². The first-order valence-electron chi connectivity index (χ1n) is 8.76. The van der Waals surface area contributed by atoms with Gasteiger partial charge in [-0.2, -0.15) is 18.3 Å². The van der Waals surface area contributed by atoms with Crippen LogP contribution in [0.2, 0.25) is 5.02 Å². The van der Waals surface area contributed by atoms with Gasteiger partial charge in [0.15, 0.2) is 5.52 Å². The summed E-state index contributed by atoms with van der Waals surface area (Å²) in [6.07, 6.45) is -0.898. The molecule has 1 aliphatic rings. The van der Waals surface area contributed by atoms with Crippen LogP contribution in [0, 0.1) is 0 Å². The molecule has 0 unspecified atom stereocenters. The highest BCUT2D eigenvalue weighted by molar-refractivity contribution is 6.31. The highest BCUT2D eigenvalue weighted by Crippen LogP contribution is 2.39. The quantitative estimate of drug-likeness (QED) is 0.710. The molecule has 28 heavy (non-hydrogen) atoms. The Labute approximate surface area is 163 Å². The Balaban J connectivity index is 1.87. The number of benzene rings is 1. The number of nitrogens with two attached hydrogens (primary N) is 1. The van der Waals surface area contributed by atoms with Crippen molar-refractivity contribution in [3.63, 3.8) is 0 Å². The number of nitrogens with zero attached hydrogens (tertiary/aromatic N) is 3. The highest BCUT2D eigenvalue weighted by Gasteiger charge is 2.36. The van der Waals surface area contributed by atoms with Crippen LogP contribution in [0.4, 0.5) is 13.2 Å². The van der Waals surface area contributed by atoms with Gasteiger partial charge in [0.05, 0.1) is 21.8 Å². The summed E-state index contributed by atoms with van der Waals surface area (Å²) < 4.78 is 42.2. The maximum Gasteiger partial charge on any atom is 0.417 e. The van der Waals surface area contributed by atoms with Crippen molar-refractivity contribution < 1.29 is 13.2 Å². The molecule has 1 fully saturated rings. The first-order valence-corrected chi connectivity index (χ1v) is 9.14. The van der Waals surface area contributed by atoms with Crippen LogP contribution in [-0.4, -0.2) is 14.3 Å². The van der Waals surface area contributed by atoms with Gasteiger partial charge in [0, 0.05) is 24.7 Å². The van der Waals surface area contributed by atoms with Gasteiger partial charge in [-0.1, -0.05) is 17.7 Å². The lowest BCUT2D eigenvalue weighted by atomic mass is 9.87. The molecule has 1 atom stereocenters. The van der Waals surface area contributed by atoms with Crippen molar-refractivity contribution in [2.75, 3.05) is 0 Å². The molecular formula is C19H18ClF3N4O. The minimum absolute atomic E-state index is 0.192. The van der Waals surface area contributed by atoms with Crippen molar-refractivity contribution in [1.82, 2.24) is 14.3 Å². The first kappa shape index (κ1) is 19.0. The molecule has 3 aromatic rings. The number of halogens is 4. The lowest BCUT2D eigenvalue weighted by Gasteiger charge is -2.27. The third kappa shape index (κ3) is 2.91. The lowest BCUT2D eigenvalue weighted by Crippen LogP contribution is -2.36. The van der Waals surface area contributed by atoms with E-state index in [1.807, 2.05) is 0 Å². The third-order valence-corrected chi connectivity index (χ3v) is 5.54. The second kappa shape index (κ2) is 6.09. The van der Waals surface area contributed by atoms with Gasteiger partial charge >= 0.3 is 6.18 Å². The SMILES string of the molecule is Cn1nc2c(=O)n(C3CC3)ccc2c1[C@](C)(N)c1ccc(C(F)(F)F)c(Cl)c1. The molecule has 4 rings (SSSR count). The number of rotatable bonds is 3. The summed E-state index contributed by atoms with van der Waals surface area (Å²) in [6, 6.07) is 5.43. The Bertz CT molecular complexity index is 1140. The number of aryl methyl sites for hydroxylation is 1. The molecule has 1 aliphatic carbocycles. The second-order valence-electron chi connectivity index (χ2n) is 7.39. The van der Waals surface area contributed by atoms with Crippen molar-refractivity contribution >= 4 is 22.5 Å². The van der Waals surface area contributed by atoms with E-state index in [9.17, 15) is 18.0 Å². The fraction of sp³-hybridized carbons (Fsp3) is 0.368. The Morgan fingerprint density at radius 3 is 2.50 bits per heavy atom. The van der Waals surface area contributed by atoms with Gasteiger partial charge in [0.2, 0.25) is 0 Å². The van der Waals surface area contributed by atoms with Gasteiger partial charge in [-0.05, 0) is 43.5 Å². The average Bonchev–Trinajstić information content (AvgIpc) is 3.36. The standard InChI is InChI=1S/C19H18ClF3N4O/c1-18(24,10-3-6-13(14(20)9-10)19(21,22)23)16-12-7-8-27(11-4-5-11)17(28)15(12)25-26(16)2/h3,6-9,11H,4-5,24H2,1-2H3/t18-/m1/s1. The van der Waals surface area contributed by atoms with Crippen molar-refractivity contribution in [3.8, 4) is 0 Å². The van der Waals surface area contributed by atoms with Gasteiger partial charge in [0.25, 0.3) is 5.56 Å². The molecule has 2 N–H and O–H groups in total. The Morgan fingerprint density at radius 1 is 1.25 bits per heavy atom. The average molecular weight is 411 g/mol. The summed E-state index contributed by atoms with van der Waals surface area (Å²) in [5, 5.41) is 4.49. The summed E-state index contributed by atoms with van der Waals surface area (Å²) in [7, 11) is 1.66. The molecule has 148 valence electrons. The van der Waals surface area contributed by atoms with E-state index >= 15 is 0 Å². The molecule has 0 saturated heterocycles. The van der Waals surface area contributed by atoms with E-state index in [1.165, 1.54) is 16.8 Å². The van der Waals surface area contributed by atoms with Crippen LogP contribution >= 0.6 is 11.6 Å². The van der Waals surface area contributed by atoms with E-state index in [0.29, 0.717) is 22.2 Å². The maximum atomic E-state index is 13.0. The zero-order valence-electron chi connectivity index (χ0n) is 15.2. The predicted molar refractivity (Wildman–Crippen MR) is 100 cm³/mol. The summed E-state index contributed by atoms with van der Waals surface area (Å²) in [4.78, 5) is 12.7. The molecule has 9 heteroatoms. The smallest absolute Gasteiger partial charge is 0.317 e. The maximum absolute atomic E-state index is 13.0. The zero-order valence-corrected chi connectivity index (χ0v) is 16.0. The van der Waals surface area contributed by atoms with Gasteiger partial charge in [-0.3, -0.25) is 9.48 Å². The number of aromatic nitrogens is 3. The molecule has 0 amide bonds. The number of alkyl halides is 3. The van der Waals surface area contributed by atoms with Crippen molar-refractivity contribution in [2.24, 2.45) is 12.8 Å². The van der Waals surface area contributed by atoms with Crippen molar-refractivity contribution in [3.05, 3.63) is 62.7 Å². The first-order chi connectivity index (χ1) is 13.0. The highest BCUT2D eigenvalue weighted by atomic mass is 35.5. The van der Waals surface area contributed by atoms with Gasteiger partial charge in [-0.15, -0.1) is 0 Å². The van der Waals surface area contributed by atoms with Crippen molar-refractivity contribution in [2.45, 2.75) is 37.5 Å². The Kier molecular flexibility index (Phi) is 4.13. The monoisotopic (exact) mass is 410 g/mol. The van der Waals surface area contributed by atoms with E-state index in [-0.39, 0.29) is 11.6 Å². The lowest BCUT2D eigenvalue weighted by molar-refractivity contribution is -0.137. The molecule has 2 aromatic heterocycles. The Morgan fingerprint density at radius 2 is 1.93 bits per heavy atom. The molecule has 0 radical (unpaired) electrons. The summed E-state index contributed by atoms with van der Waals surface area (Å²) in [5.41, 5.74) is 5.43. The van der Waals surface area contributed by atoms with Crippen LogP contribution < -0.4 is 11.3 Å². The van der Waals surface area contributed by atoms with Crippen molar-refractivity contribution in [1.29, 1.82) is 0 Å². The zero-order chi connectivity index (χ0) is 20.4. The number of fused-ring (bicyclic) bond motifs is 1. The third-order valence-electron chi connectivity index (χ3n) is 5.23. The minimum Gasteiger partial charge on any atom is -0.317 e. The normalized spacial score (nSPS) is 17.1. The summed E-state index contributed by atoms with van der Waals surface area (Å²) in [6.45, 7) is 1.66. The minimum atomic E-state index is -4.55.